The number of nitrogens with zero attached hydrogens (tertiary/aromatic N) is 2. The molecule has 156 valence electrons. The first kappa shape index (κ1) is 22.7. The topological polar surface area (TPSA) is 73.2 Å². The van der Waals surface area contributed by atoms with E-state index < -0.39 is 29.6 Å². The summed E-state index contributed by atoms with van der Waals surface area (Å²) in [4.78, 5) is 26.3. The van der Waals surface area contributed by atoms with E-state index in [0.717, 1.165) is 12.1 Å². The number of nitrogens with one attached hydrogen (secondary N) is 1. The van der Waals surface area contributed by atoms with Crippen LogP contribution in [-0.4, -0.2) is 36.9 Å². The highest BCUT2D eigenvalue weighted by Crippen LogP contribution is 2.29. The average Bonchev–Trinajstić information content (AvgIpc) is 2.71. The SMILES string of the molecule is CN(C)C(=O)[C@H](Cc1ccc(C(F)(F)F)cc1)NC(=O)/C(C#N)=C/c1ccccc1. The molecule has 0 unspecified atom stereocenters. The van der Waals surface area contributed by atoms with Crippen molar-refractivity contribution in [1.82, 2.24) is 10.2 Å². The van der Waals surface area contributed by atoms with Gasteiger partial charge in [-0.05, 0) is 29.3 Å². The van der Waals surface area contributed by atoms with Crippen LogP contribution in [0.2, 0.25) is 0 Å². The molecule has 0 saturated heterocycles. The van der Waals surface area contributed by atoms with E-state index in [9.17, 15) is 28.0 Å². The van der Waals surface area contributed by atoms with Gasteiger partial charge in [0, 0.05) is 20.5 Å². The van der Waals surface area contributed by atoms with Gasteiger partial charge in [-0.2, -0.15) is 18.4 Å². The predicted octanol–water partition coefficient (Wildman–Crippen LogP) is 3.43. The third-order valence-corrected chi connectivity index (χ3v) is 4.24. The molecule has 0 aromatic heterocycles. The van der Waals surface area contributed by atoms with Crippen LogP contribution < -0.4 is 5.32 Å². The molecular formula is C22H20F3N3O2. The van der Waals surface area contributed by atoms with E-state index >= 15 is 0 Å². The summed E-state index contributed by atoms with van der Waals surface area (Å²) in [6, 6.07) is 13.9. The lowest BCUT2D eigenvalue weighted by Crippen LogP contribution is -2.47. The van der Waals surface area contributed by atoms with E-state index in [1.807, 2.05) is 6.07 Å². The lowest BCUT2D eigenvalue weighted by molar-refractivity contribution is -0.137. The minimum absolute atomic E-state index is 0.0229. The largest absolute Gasteiger partial charge is 0.416 e. The number of carbonyl (C=O) groups is 2. The molecule has 0 aliphatic rings. The van der Waals surface area contributed by atoms with Gasteiger partial charge in [0.05, 0.1) is 5.56 Å². The van der Waals surface area contributed by atoms with E-state index in [2.05, 4.69) is 5.32 Å². The Morgan fingerprint density at radius 2 is 1.70 bits per heavy atom. The second kappa shape index (κ2) is 9.74. The number of alkyl halides is 3. The zero-order chi connectivity index (χ0) is 22.3. The van der Waals surface area contributed by atoms with Crippen LogP contribution in [0.4, 0.5) is 13.2 Å². The molecule has 2 aromatic rings. The van der Waals surface area contributed by atoms with E-state index in [-0.39, 0.29) is 12.0 Å². The number of hydrogen-bond acceptors (Lipinski definition) is 3. The molecule has 5 nitrogen and oxygen atoms in total. The van der Waals surface area contributed by atoms with Gasteiger partial charge in [-0.25, -0.2) is 0 Å². The summed E-state index contributed by atoms with van der Waals surface area (Å²) >= 11 is 0. The second-order valence-electron chi connectivity index (χ2n) is 6.74. The van der Waals surface area contributed by atoms with Crippen LogP contribution >= 0.6 is 0 Å². The molecule has 2 aromatic carbocycles. The molecule has 1 N–H and O–H groups in total. The summed E-state index contributed by atoms with van der Waals surface area (Å²) in [6.07, 6.45) is -3.09. The summed E-state index contributed by atoms with van der Waals surface area (Å²) < 4.78 is 38.2. The number of likely N-dealkylation sites (N-methyl/N-ethyl adjacent to an activating group) is 1. The van der Waals surface area contributed by atoms with Gasteiger partial charge in [0.1, 0.15) is 17.7 Å². The normalized spacial score (nSPS) is 12.6. The van der Waals surface area contributed by atoms with Crippen molar-refractivity contribution in [1.29, 1.82) is 5.26 Å². The van der Waals surface area contributed by atoms with Gasteiger partial charge in [0.15, 0.2) is 0 Å². The fraction of sp³-hybridized carbons (Fsp3) is 0.227. The van der Waals surface area contributed by atoms with Crippen LogP contribution in [-0.2, 0) is 22.2 Å². The fourth-order valence-corrected chi connectivity index (χ4v) is 2.68. The van der Waals surface area contributed by atoms with Crippen molar-refractivity contribution in [3.63, 3.8) is 0 Å². The number of rotatable bonds is 6. The third-order valence-electron chi connectivity index (χ3n) is 4.24. The molecule has 8 heteroatoms. The van der Waals surface area contributed by atoms with Crippen molar-refractivity contribution in [3.8, 4) is 6.07 Å². The van der Waals surface area contributed by atoms with E-state index in [4.69, 9.17) is 0 Å². The molecule has 0 saturated carbocycles. The first-order valence-corrected chi connectivity index (χ1v) is 8.97. The van der Waals surface area contributed by atoms with E-state index in [0.29, 0.717) is 11.1 Å². The number of carbonyl (C=O) groups excluding carboxylic acids is 2. The predicted molar refractivity (Wildman–Crippen MR) is 106 cm³/mol. The highest BCUT2D eigenvalue weighted by Gasteiger charge is 2.30. The van der Waals surface area contributed by atoms with Gasteiger partial charge in [-0.1, -0.05) is 42.5 Å². The van der Waals surface area contributed by atoms with Crippen LogP contribution in [0.15, 0.2) is 60.2 Å². The summed E-state index contributed by atoms with van der Waals surface area (Å²) in [6.45, 7) is 0. The van der Waals surface area contributed by atoms with Crippen LogP contribution in [0.5, 0.6) is 0 Å². The third kappa shape index (κ3) is 6.21. The van der Waals surface area contributed by atoms with Crippen molar-refractivity contribution in [2.45, 2.75) is 18.6 Å². The Bertz CT molecular complexity index is 960. The Balaban J connectivity index is 2.23. The molecule has 1 atom stereocenters. The quantitative estimate of drug-likeness (QED) is 0.580. The molecule has 0 heterocycles. The smallest absolute Gasteiger partial charge is 0.347 e. The number of halogens is 3. The number of nitriles is 1. The second-order valence-corrected chi connectivity index (χ2v) is 6.74. The van der Waals surface area contributed by atoms with Crippen LogP contribution in [0.3, 0.4) is 0 Å². The Hall–Kier alpha value is -3.60. The van der Waals surface area contributed by atoms with E-state index in [1.165, 1.54) is 37.2 Å². The van der Waals surface area contributed by atoms with Gasteiger partial charge >= 0.3 is 6.18 Å². The summed E-state index contributed by atoms with van der Waals surface area (Å²) in [5, 5.41) is 11.9. The Morgan fingerprint density at radius 1 is 1.10 bits per heavy atom. The van der Waals surface area contributed by atoms with Crippen molar-refractivity contribution in [2.75, 3.05) is 14.1 Å². The molecular weight excluding hydrogens is 395 g/mol. The average molecular weight is 415 g/mol. The van der Waals surface area contributed by atoms with Crippen LogP contribution in [0, 0.1) is 11.3 Å². The zero-order valence-electron chi connectivity index (χ0n) is 16.4. The lowest BCUT2D eigenvalue weighted by Gasteiger charge is -2.22. The molecule has 0 fully saturated rings. The van der Waals surface area contributed by atoms with Gasteiger partial charge in [0.25, 0.3) is 5.91 Å². The summed E-state index contributed by atoms with van der Waals surface area (Å²) in [7, 11) is 3.00. The Morgan fingerprint density at radius 3 is 2.20 bits per heavy atom. The maximum Gasteiger partial charge on any atom is 0.416 e. The van der Waals surface area contributed by atoms with Crippen LogP contribution in [0.25, 0.3) is 6.08 Å². The minimum Gasteiger partial charge on any atom is -0.347 e. The summed E-state index contributed by atoms with van der Waals surface area (Å²) in [5.74, 6) is -1.19. The maximum atomic E-state index is 12.7. The van der Waals surface area contributed by atoms with Crippen molar-refractivity contribution < 1.29 is 22.8 Å². The molecule has 30 heavy (non-hydrogen) atoms. The van der Waals surface area contributed by atoms with Crippen LogP contribution in [0.1, 0.15) is 16.7 Å². The number of benzene rings is 2. The van der Waals surface area contributed by atoms with E-state index in [1.54, 1.807) is 30.3 Å². The van der Waals surface area contributed by atoms with Crippen molar-refractivity contribution in [2.24, 2.45) is 0 Å². The first-order chi connectivity index (χ1) is 14.1. The Kier molecular flexibility index (Phi) is 7.37. The van der Waals surface area contributed by atoms with Gasteiger partial charge < -0.3 is 10.2 Å². The minimum atomic E-state index is -4.46. The standard InChI is InChI=1S/C22H20F3N3O2/c1-28(2)21(30)19(13-16-8-10-18(11-9-16)22(23,24)25)27-20(29)17(14-26)12-15-6-4-3-5-7-15/h3-12,19H,13H2,1-2H3,(H,27,29)/b17-12+/t19-/m0/s1. The monoisotopic (exact) mass is 415 g/mol. The van der Waals surface area contributed by atoms with Crippen molar-refractivity contribution in [3.05, 3.63) is 76.9 Å². The van der Waals surface area contributed by atoms with Gasteiger partial charge in [0.2, 0.25) is 5.91 Å². The highest BCUT2D eigenvalue weighted by molar-refractivity contribution is 6.03. The number of amides is 2. The molecule has 2 rings (SSSR count). The first-order valence-electron chi connectivity index (χ1n) is 8.97. The van der Waals surface area contributed by atoms with Gasteiger partial charge in [-0.15, -0.1) is 0 Å². The molecule has 0 radical (unpaired) electrons. The number of hydrogen-bond donors (Lipinski definition) is 1. The highest BCUT2D eigenvalue weighted by atomic mass is 19.4. The Labute approximate surface area is 172 Å². The fourth-order valence-electron chi connectivity index (χ4n) is 2.68. The molecule has 2 amide bonds. The summed E-state index contributed by atoms with van der Waals surface area (Å²) in [5.41, 5.74) is 0.0879. The van der Waals surface area contributed by atoms with Crippen molar-refractivity contribution >= 4 is 17.9 Å². The molecule has 0 aliphatic carbocycles. The lowest BCUT2D eigenvalue weighted by atomic mass is 10.0. The molecule has 0 aliphatic heterocycles. The zero-order valence-corrected chi connectivity index (χ0v) is 16.4. The maximum absolute atomic E-state index is 12.7. The molecule has 0 bridgehead atoms. The van der Waals surface area contributed by atoms with Gasteiger partial charge in [-0.3, -0.25) is 9.59 Å². The molecule has 0 spiro atoms.